The van der Waals surface area contributed by atoms with Crippen molar-refractivity contribution in [1.82, 2.24) is 0 Å². The highest BCUT2D eigenvalue weighted by Crippen LogP contribution is 2.38. The molecule has 0 amide bonds. The van der Waals surface area contributed by atoms with Gasteiger partial charge in [0.1, 0.15) is 0 Å². The van der Waals surface area contributed by atoms with Crippen molar-refractivity contribution in [2.24, 2.45) is 5.92 Å². The lowest BCUT2D eigenvalue weighted by molar-refractivity contribution is 0.0662. The van der Waals surface area contributed by atoms with Crippen LogP contribution in [0.5, 0.6) is 0 Å². The summed E-state index contributed by atoms with van der Waals surface area (Å²) in [5.74, 6) is 0.698. The van der Waals surface area contributed by atoms with E-state index in [0.717, 1.165) is 39.3 Å². The van der Waals surface area contributed by atoms with Crippen LogP contribution < -0.4 is 0 Å². The number of rotatable bonds is 2. The van der Waals surface area contributed by atoms with E-state index in [1.807, 2.05) is 0 Å². The molecule has 1 aromatic rings. The Kier molecular flexibility index (Phi) is 3.50. The van der Waals surface area contributed by atoms with Crippen LogP contribution >= 0.6 is 15.9 Å². The third-order valence-corrected chi connectivity index (χ3v) is 5.02. The second-order valence-corrected chi connectivity index (χ2v) is 5.86. The molecule has 1 aromatic carbocycles. The molecule has 0 saturated carbocycles. The third-order valence-electron chi connectivity index (χ3n) is 3.74. The third kappa shape index (κ3) is 2.42. The van der Waals surface area contributed by atoms with Gasteiger partial charge in [0, 0.05) is 18.0 Å². The van der Waals surface area contributed by atoms with Crippen molar-refractivity contribution in [2.45, 2.75) is 30.9 Å². The Morgan fingerprint density at radius 2 is 1.82 bits per heavy atom. The Morgan fingerprint density at radius 1 is 1.06 bits per heavy atom. The zero-order valence-corrected chi connectivity index (χ0v) is 11.4. The number of ether oxygens (including phenoxy) is 2. The molecule has 1 fully saturated rings. The van der Waals surface area contributed by atoms with Gasteiger partial charge in [0.15, 0.2) is 0 Å². The van der Waals surface area contributed by atoms with E-state index >= 15 is 0 Å². The molecule has 1 unspecified atom stereocenters. The fourth-order valence-corrected chi connectivity index (χ4v) is 3.46. The SMILES string of the molecule is BrC(c1ccc2c(c1)COC2)C1CCOCC1. The normalized spacial score (nSPS) is 22.4. The minimum Gasteiger partial charge on any atom is -0.381 e. The average molecular weight is 297 g/mol. The topological polar surface area (TPSA) is 18.5 Å². The molecule has 0 radical (unpaired) electrons. The summed E-state index contributed by atoms with van der Waals surface area (Å²) in [5.41, 5.74) is 4.10. The van der Waals surface area contributed by atoms with E-state index in [1.165, 1.54) is 16.7 Å². The maximum absolute atomic E-state index is 5.46. The second-order valence-electron chi connectivity index (χ2n) is 4.87. The second kappa shape index (κ2) is 5.09. The minimum absolute atomic E-state index is 0.456. The maximum atomic E-state index is 5.46. The zero-order valence-electron chi connectivity index (χ0n) is 9.82. The summed E-state index contributed by atoms with van der Waals surface area (Å²) >= 11 is 3.86. The Labute approximate surface area is 110 Å². The van der Waals surface area contributed by atoms with Crippen LogP contribution in [0.25, 0.3) is 0 Å². The van der Waals surface area contributed by atoms with E-state index in [4.69, 9.17) is 9.47 Å². The largest absolute Gasteiger partial charge is 0.381 e. The average Bonchev–Trinajstić information content (AvgIpc) is 2.86. The van der Waals surface area contributed by atoms with Crippen LogP contribution in [0.3, 0.4) is 0 Å². The minimum atomic E-state index is 0.456. The van der Waals surface area contributed by atoms with Crippen molar-refractivity contribution in [2.75, 3.05) is 13.2 Å². The van der Waals surface area contributed by atoms with E-state index < -0.39 is 0 Å². The predicted octanol–water partition coefficient (Wildman–Crippen LogP) is 3.58. The predicted molar refractivity (Wildman–Crippen MR) is 70.1 cm³/mol. The fourth-order valence-electron chi connectivity index (χ4n) is 2.64. The van der Waals surface area contributed by atoms with E-state index in [0.29, 0.717) is 10.7 Å². The zero-order chi connectivity index (χ0) is 11.7. The number of benzene rings is 1. The van der Waals surface area contributed by atoms with Gasteiger partial charge in [0.2, 0.25) is 0 Å². The lowest BCUT2D eigenvalue weighted by Crippen LogP contribution is -2.19. The van der Waals surface area contributed by atoms with Crippen molar-refractivity contribution in [3.05, 3.63) is 34.9 Å². The lowest BCUT2D eigenvalue weighted by atomic mass is 9.91. The summed E-state index contributed by atoms with van der Waals surface area (Å²) < 4.78 is 10.9. The first-order valence-electron chi connectivity index (χ1n) is 6.26. The lowest BCUT2D eigenvalue weighted by Gasteiger charge is -2.27. The van der Waals surface area contributed by atoms with Crippen LogP contribution in [0.1, 0.15) is 34.4 Å². The molecule has 2 heterocycles. The van der Waals surface area contributed by atoms with Gasteiger partial charge in [0.25, 0.3) is 0 Å². The van der Waals surface area contributed by atoms with Crippen molar-refractivity contribution < 1.29 is 9.47 Å². The maximum Gasteiger partial charge on any atom is 0.0725 e. The Hall–Kier alpha value is -0.380. The Bertz CT molecular complexity index is 399. The molecule has 0 N–H and O–H groups in total. The Morgan fingerprint density at radius 3 is 2.65 bits per heavy atom. The first-order chi connectivity index (χ1) is 8.34. The summed E-state index contributed by atoms with van der Waals surface area (Å²) in [5, 5.41) is 0. The molecular weight excluding hydrogens is 280 g/mol. The molecule has 92 valence electrons. The molecule has 0 aliphatic carbocycles. The number of fused-ring (bicyclic) bond motifs is 1. The van der Waals surface area contributed by atoms with Gasteiger partial charge < -0.3 is 9.47 Å². The molecule has 2 aliphatic rings. The molecule has 1 saturated heterocycles. The van der Waals surface area contributed by atoms with Crippen LogP contribution in [-0.4, -0.2) is 13.2 Å². The number of hydrogen-bond donors (Lipinski definition) is 0. The van der Waals surface area contributed by atoms with Gasteiger partial charge >= 0.3 is 0 Å². The molecule has 2 nitrogen and oxygen atoms in total. The van der Waals surface area contributed by atoms with Crippen LogP contribution in [0.15, 0.2) is 18.2 Å². The summed E-state index contributed by atoms with van der Waals surface area (Å²) in [4.78, 5) is 0.456. The number of alkyl halides is 1. The highest BCUT2D eigenvalue weighted by Gasteiger charge is 2.24. The van der Waals surface area contributed by atoms with Crippen molar-refractivity contribution in [3.63, 3.8) is 0 Å². The van der Waals surface area contributed by atoms with Crippen LogP contribution in [0.4, 0.5) is 0 Å². The monoisotopic (exact) mass is 296 g/mol. The molecule has 2 aliphatic heterocycles. The van der Waals surface area contributed by atoms with Gasteiger partial charge in [-0.15, -0.1) is 0 Å². The summed E-state index contributed by atoms with van der Waals surface area (Å²) in [6, 6.07) is 6.75. The van der Waals surface area contributed by atoms with E-state index in [1.54, 1.807) is 0 Å². The quantitative estimate of drug-likeness (QED) is 0.777. The molecule has 3 heteroatoms. The van der Waals surface area contributed by atoms with Crippen molar-refractivity contribution in [3.8, 4) is 0 Å². The first-order valence-corrected chi connectivity index (χ1v) is 7.17. The molecular formula is C14H17BrO2. The summed E-state index contributed by atoms with van der Waals surface area (Å²) in [7, 11) is 0. The summed E-state index contributed by atoms with van der Waals surface area (Å²) in [6.45, 7) is 3.36. The Balaban J connectivity index is 1.78. The van der Waals surface area contributed by atoms with Crippen LogP contribution in [0, 0.1) is 5.92 Å². The van der Waals surface area contributed by atoms with Gasteiger partial charge in [-0.25, -0.2) is 0 Å². The van der Waals surface area contributed by atoms with E-state index in [2.05, 4.69) is 34.1 Å². The van der Waals surface area contributed by atoms with E-state index in [-0.39, 0.29) is 0 Å². The molecule has 0 spiro atoms. The molecule has 0 bridgehead atoms. The molecule has 1 atom stereocenters. The standard InChI is InChI=1S/C14H17BrO2/c15-14(10-3-5-16-6-4-10)11-1-2-12-8-17-9-13(12)7-11/h1-2,7,10,14H,3-6,8-9H2. The van der Waals surface area contributed by atoms with Crippen LogP contribution in [0.2, 0.25) is 0 Å². The molecule has 3 rings (SSSR count). The van der Waals surface area contributed by atoms with Gasteiger partial charge in [-0.05, 0) is 35.4 Å². The van der Waals surface area contributed by atoms with Crippen LogP contribution in [-0.2, 0) is 22.7 Å². The smallest absolute Gasteiger partial charge is 0.0725 e. The number of halogens is 1. The van der Waals surface area contributed by atoms with Crippen molar-refractivity contribution in [1.29, 1.82) is 0 Å². The van der Waals surface area contributed by atoms with Gasteiger partial charge in [0.05, 0.1) is 13.2 Å². The number of hydrogen-bond acceptors (Lipinski definition) is 2. The van der Waals surface area contributed by atoms with E-state index in [9.17, 15) is 0 Å². The summed E-state index contributed by atoms with van der Waals surface area (Å²) in [6.07, 6.45) is 2.31. The van der Waals surface area contributed by atoms with Gasteiger partial charge in [-0.1, -0.05) is 34.1 Å². The van der Waals surface area contributed by atoms with Gasteiger partial charge in [-0.3, -0.25) is 0 Å². The highest BCUT2D eigenvalue weighted by atomic mass is 79.9. The van der Waals surface area contributed by atoms with Crippen molar-refractivity contribution >= 4 is 15.9 Å². The highest BCUT2D eigenvalue weighted by molar-refractivity contribution is 9.09. The fraction of sp³-hybridized carbons (Fsp3) is 0.571. The van der Waals surface area contributed by atoms with Gasteiger partial charge in [-0.2, -0.15) is 0 Å². The molecule has 0 aromatic heterocycles. The molecule has 17 heavy (non-hydrogen) atoms. The first kappa shape index (κ1) is 11.7.